The Labute approximate surface area is 125 Å². The fourth-order valence-electron chi connectivity index (χ4n) is 3.91. The number of aromatic amines is 1. The van der Waals surface area contributed by atoms with E-state index in [4.69, 9.17) is 0 Å². The van der Waals surface area contributed by atoms with E-state index in [9.17, 15) is 0 Å². The number of nitrogens with one attached hydrogen (secondary N) is 3. The van der Waals surface area contributed by atoms with Crippen molar-refractivity contribution in [3.05, 3.63) is 36.5 Å². The highest BCUT2D eigenvalue weighted by Gasteiger charge is 2.40. The fourth-order valence-corrected chi connectivity index (χ4v) is 3.91. The average Bonchev–Trinajstić information content (AvgIpc) is 3.25. The second-order valence-corrected chi connectivity index (χ2v) is 6.56. The van der Waals surface area contributed by atoms with Crippen molar-refractivity contribution in [3.63, 3.8) is 0 Å². The van der Waals surface area contributed by atoms with Crippen LogP contribution >= 0.6 is 0 Å². The van der Waals surface area contributed by atoms with Gasteiger partial charge in [-0.15, -0.1) is 0 Å². The van der Waals surface area contributed by atoms with Crippen LogP contribution in [0.4, 0.5) is 5.69 Å². The molecule has 21 heavy (non-hydrogen) atoms. The van der Waals surface area contributed by atoms with Crippen molar-refractivity contribution in [2.24, 2.45) is 5.41 Å². The van der Waals surface area contributed by atoms with E-state index in [0.717, 1.165) is 5.69 Å². The Balaban J connectivity index is 1.41. The van der Waals surface area contributed by atoms with Gasteiger partial charge >= 0.3 is 0 Å². The van der Waals surface area contributed by atoms with Crippen molar-refractivity contribution in [2.45, 2.75) is 31.7 Å². The molecule has 2 fully saturated rings. The number of aromatic nitrogens is 2. The highest BCUT2D eigenvalue weighted by Crippen LogP contribution is 2.43. The minimum atomic E-state index is 0.577. The smallest absolute Gasteiger partial charge is 0.0650 e. The molecular weight excluding hydrogens is 260 g/mol. The Bertz CT molecular complexity index is 582. The van der Waals surface area contributed by atoms with Gasteiger partial charge in [0.15, 0.2) is 0 Å². The van der Waals surface area contributed by atoms with Gasteiger partial charge in [-0.1, -0.05) is 12.1 Å². The summed E-state index contributed by atoms with van der Waals surface area (Å²) in [6, 6.07) is 11.3. The second kappa shape index (κ2) is 5.19. The van der Waals surface area contributed by atoms with Crippen molar-refractivity contribution >= 4 is 5.69 Å². The number of anilines is 1. The third-order valence-corrected chi connectivity index (χ3v) is 5.10. The maximum absolute atomic E-state index is 4.00. The SMILES string of the molecule is c1cc(-c2ccc(NC3CCC4(CCNC4)C3)cc2)[nH]n1. The Kier molecular flexibility index (Phi) is 3.19. The Morgan fingerprint density at radius 1 is 1.14 bits per heavy atom. The average molecular weight is 282 g/mol. The van der Waals surface area contributed by atoms with Gasteiger partial charge in [0.05, 0.1) is 5.69 Å². The lowest BCUT2D eigenvalue weighted by Crippen LogP contribution is -2.23. The van der Waals surface area contributed by atoms with E-state index < -0.39 is 0 Å². The zero-order chi connectivity index (χ0) is 14.1. The Morgan fingerprint density at radius 3 is 2.76 bits per heavy atom. The molecule has 4 heteroatoms. The van der Waals surface area contributed by atoms with Crippen molar-refractivity contribution in [1.29, 1.82) is 0 Å². The predicted octanol–water partition coefficient (Wildman–Crippen LogP) is 3.02. The van der Waals surface area contributed by atoms with Crippen molar-refractivity contribution in [3.8, 4) is 11.3 Å². The fraction of sp³-hybridized carbons (Fsp3) is 0.471. The van der Waals surface area contributed by atoms with Gasteiger partial charge in [0.25, 0.3) is 0 Å². The summed E-state index contributed by atoms with van der Waals surface area (Å²) in [7, 11) is 0. The molecule has 110 valence electrons. The highest BCUT2D eigenvalue weighted by atomic mass is 15.1. The molecule has 2 unspecified atom stereocenters. The number of benzene rings is 1. The molecule has 1 spiro atoms. The molecule has 2 aromatic rings. The summed E-state index contributed by atoms with van der Waals surface area (Å²) >= 11 is 0. The van der Waals surface area contributed by atoms with Crippen LogP contribution in [0.5, 0.6) is 0 Å². The maximum Gasteiger partial charge on any atom is 0.0650 e. The molecule has 1 aromatic heterocycles. The van der Waals surface area contributed by atoms with Crippen molar-refractivity contribution in [1.82, 2.24) is 15.5 Å². The molecule has 0 radical (unpaired) electrons. The number of hydrogen-bond acceptors (Lipinski definition) is 3. The standard InChI is InChI=1S/C17H22N4/c1-3-14(4-2-13(1)16-6-9-19-21-16)20-15-5-7-17(11-15)8-10-18-12-17/h1-4,6,9,15,18,20H,5,7-8,10-12H2,(H,19,21). The molecule has 3 N–H and O–H groups in total. The van der Waals surface area contributed by atoms with Crippen LogP contribution in [0.15, 0.2) is 36.5 Å². The zero-order valence-electron chi connectivity index (χ0n) is 12.2. The van der Waals surface area contributed by atoms with Crippen LogP contribution < -0.4 is 10.6 Å². The van der Waals surface area contributed by atoms with Crippen LogP contribution in [-0.2, 0) is 0 Å². The van der Waals surface area contributed by atoms with Crippen molar-refractivity contribution in [2.75, 3.05) is 18.4 Å². The van der Waals surface area contributed by atoms with Gasteiger partial charge < -0.3 is 10.6 Å². The van der Waals surface area contributed by atoms with Gasteiger partial charge in [0.1, 0.15) is 0 Å². The summed E-state index contributed by atoms with van der Waals surface area (Å²) in [6.07, 6.45) is 7.11. The van der Waals surface area contributed by atoms with E-state index in [1.165, 1.54) is 50.0 Å². The van der Waals surface area contributed by atoms with Gasteiger partial charge in [0, 0.05) is 24.5 Å². The zero-order valence-corrected chi connectivity index (χ0v) is 12.2. The lowest BCUT2D eigenvalue weighted by molar-refractivity contribution is 0.333. The third-order valence-electron chi connectivity index (χ3n) is 5.10. The quantitative estimate of drug-likeness (QED) is 0.811. The molecule has 4 nitrogen and oxygen atoms in total. The number of hydrogen-bond donors (Lipinski definition) is 3. The largest absolute Gasteiger partial charge is 0.382 e. The first-order valence-electron chi connectivity index (χ1n) is 7.90. The predicted molar refractivity (Wildman–Crippen MR) is 85.2 cm³/mol. The lowest BCUT2D eigenvalue weighted by atomic mass is 9.85. The molecule has 1 aliphatic heterocycles. The molecule has 0 amide bonds. The summed E-state index contributed by atoms with van der Waals surface area (Å²) in [6.45, 7) is 2.41. The van der Waals surface area contributed by atoms with Crippen LogP contribution in [0, 0.1) is 5.41 Å². The highest BCUT2D eigenvalue weighted by molar-refractivity contribution is 5.62. The van der Waals surface area contributed by atoms with Gasteiger partial charge in [0.2, 0.25) is 0 Å². The molecule has 1 saturated carbocycles. The summed E-state index contributed by atoms with van der Waals surface area (Å²) in [5.74, 6) is 0. The summed E-state index contributed by atoms with van der Waals surface area (Å²) in [4.78, 5) is 0. The molecule has 1 saturated heterocycles. The number of nitrogens with zero attached hydrogens (tertiary/aromatic N) is 1. The van der Waals surface area contributed by atoms with E-state index in [-0.39, 0.29) is 0 Å². The number of rotatable bonds is 3. The number of H-pyrrole nitrogens is 1. The van der Waals surface area contributed by atoms with Gasteiger partial charge in [-0.3, -0.25) is 5.10 Å². The van der Waals surface area contributed by atoms with E-state index in [2.05, 4.69) is 45.1 Å². The normalized spacial score (nSPS) is 28.3. The van der Waals surface area contributed by atoms with Gasteiger partial charge in [-0.2, -0.15) is 5.10 Å². The molecule has 2 heterocycles. The first-order valence-corrected chi connectivity index (χ1v) is 7.90. The first-order chi connectivity index (χ1) is 10.3. The summed E-state index contributed by atoms with van der Waals surface area (Å²) in [5.41, 5.74) is 4.05. The minimum absolute atomic E-state index is 0.577. The molecule has 4 rings (SSSR count). The maximum atomic E-state index is 4.00. The molecule has 2 atom stereocenters. The van der Waals surface area contributed by atoms with Crippen LogP contribution in [0.2, 0.25) is 0 Å². The molecule has 2 aliphatic rings. The van der Waals surface area contributed by atoms with E-state index in [1.54, 1.807) is 6.20 Å². The molecule has 1 aromatic carbocycles. The van der Waals surface area contributed by atoms with Crippen LogP contribution in [0.1, 0.15) is 25.7 Å². The Hall–Kier alpha value is -1.81. The van der Waals surface area contributed by atoms with Gasteiger partial charge in [-0.25, -0.2) is 0 Å². The van der Waals surface area contributed by atoms with E-state index in [1.807, 2.05) is 6.07 Å². The Morgan fingerprint density at radius 2 is 2.05 bits per heavy atom. The minimum Gasteiger partial charge on any atom is -0.382 e. The monoisotopic (exact) mass is 282 g/mol. The van der Waals surface area contributed by atoms with Crippen molar-refractivity contribution < 1.29 is 0 Å². The lowest BCUT2D eigenvalue weighted by Gasteiger charge is -2.22. The topological polar surface area (TPSA) is 52.7 Å². The summed E-state index contributed by atoms with van der Waals surface area (Å²) in [5, 5.41) is 14.2. The molecular formula is C17H22N4. The molecule has 1 aliphatic carbocycles. The van der Waals surface area contributed by atoms with E-state index >= 15 is 0 Å². The van der Waals surface area contributed by atoms with Crippen LogP contribution in [0.25, 0.3) is 11.3 Å². The molecule has 0 bridgehead atoms. The third kappa shape index (κ3) is 2.56. The second-order valence-electron chi connectivity index (χ2n) is 6.56. The van der Waals surface area contributed by atoms with Gasteiger partial charge in [-0.05, 0) is 61.4 Å². The van der Waals surface area contributed by atoms with Crippen LogP contribution in [0.3, 0.4) is 0 Å². The van der Waals surface area contributed by atoms with E-state index in [0.29, 0.717) is 11.5 Å². The summed E-state index contributed by atoms with van der Waals surface area (Å²) < 4.78 is 0. The first kappa shape index (κ1) is 12.9. The van der Waals surface area contributed by atoms with Crippen LogP contribution in [-0.4, -0.2) is 29.3 Å².